The van der Waals surface area contributed by atoms with Crippen LogP contribution in [0.5, 0.6) is 0 Å². The maximum Gasteiger partial charge on any atom is 0.0742 e. The number of nitrogens with zero attached hydrogens (tertiary/aromatic N) is 2. The summed E-state index contributed by atoms with van der Waals surface area (Å²) in [6.07, 6.45) is 15.5. The Bertz CT molecular complexity index is 272. The van der Waals surface area contributed by atoms with E-state index in [0.717, 1.165) is 12.1 Å². The van der Waals surface area contributed by atoms with Crippen LogP contribution in [0.2, 0.25) is 0 Å². The van der Waals surface area contributed by atoms with E-state index in [0.29, 0.717) is 6.04 Å². The molecular formula is C16H30N2O. The first-order valence-corrected chi connectivity index (χ1v) is 8.36. The molecule has 2 rings (SSSR count). The van der Waals surface area contributed by atoms with Gasteiger partial charge in [0.2, 0.25) is 0 Å². The lowest BCUT2D eigenvalue weighted by molar-refractivity contribution is 0.261. The van der Waals surface area contributed by atoms with Crippen molar-refractivity contribution in [2.45, 2.75) is 83.1 Å². The Hall–Kier alpha value is -0.570. The molecule has 0 spiro atoms. The van der Waals surface area contributed by atoms with E-state index in [2.05, 4.69) is 10.1 Å². The van der Waals surface area contributed by atoms with Gasteiger partial charge in [0, 0.05) is 0 Å². The highest BCUT2D eigenvalue weighted by Gasteiger charge is 2.26. The average Bonchev–Trinajstić information content (AvgIpc) is 2.93. The lowest BCUT2D eigenvalue weighted by Gasteiger charge is -2.28. The Morgan fingerprint density at radius 3 is 2.00 bits per heavy atom. The molecule has 3 nitrogen and oxygen atoms in total. The first kappa shape index (κ1) is 14.8. The van der Waals surface area contributed by atoms with Crippen LogP contribution in [-0.4, -0.2) is 35.0 Å². The van der Waals surface area contributed by atoms with E-state index in [-0.39, 0.29) is 0 Å². The van der Waals surface area contributed by atoms with Gasteiger partial charge in [0.25, 0.3) is 0 Å². The van der Waals surface area contributed by atoms with E-state index in [9.17, 15) is 5.21 Å². The molecule has 0 aromatic rings. The van der Waals surface area contributed by atoms with Crippen LogP contribution >= 0.6 is 0 Å². The van der Waals surface area contributed by atoms with Crippen molar-refractivity contribution in [1.82, 2.24) is 4.90 Å². The van der Waals surface area contributed by atoms with Gasteiger partial charge in [-0.2, -0.15) is 0 Å². The maximum atomic E-state index is 9.39. The van der Waals surface area contributed by atoms with E-state index in [1.54, 1.807) is 0 Å². The third-order valence-electron chi connectivity index (χ3n) is 4.75. The molecule has 0 bridgehead atoms. The molecule has 0 aromatic carbocycles. The van der Waals surface area contributed by atoms with Gasteiger partial charge in [0.15, 0.2) is 0 Å². The molecule has 1 unspecified atom stereocenters. The molecule has 2 fully saturated rings. The maximum absolute atomic E-state index is 9.39. The number of likely N-dealkylation sites (tertiary alicyclic amines) is 1. The monoisotopic (exact) mass is 266 g/mol. The van der Waals surface area contributed by atoms with Crippen molar-refractivity contribution >= 4 is 5.71 Å². The highest BCUT2D eigenvalue weighted by Crippen LogP contribution is 2.22. The van der Waals surface area contributed by atoms with Crippen LogP contribution < -0.4 is 0 Å². The molecule has 110 valence electrons. The molecule has 3 heteroatoms. The molecule has 0 amide bonds. The Balaban J connectivity index is 1.95. The number of oxime groups is 1. The van der Waals surface area contributed by atoms with Crippen molar-refractivity contribution in [2.75, 3.05) is 13.1 Å². The quantitative estimate of drug-likeness (QED) is 0.570. The summed E-state index contributed by atoms with van der Waals surface area (Å²) in [6.45, 7) is 2.40. The van der Waals surface area contributed by atoms with Gasteiger partial charge in [-0.15, -0.1) is 0 Å². The molecule has 1 aliphatic carbocycles. The summed E-state index contributed by atoms with van der Waals surface area (Å²) >= 11 is 0. The smallest absolute Gasteiger partial charge is 0.0742 e. The minimum atomic E-state index is 0.423. The molecule has 0 radical (unpaired) electrons. The molecule has 1 aliphatic heterocycles. The molecule has 1 saturated carbocycles. The van der Waals surface area contributed by atoms with Crippen LogP contribution in [0.1, 0.15) is 77.0 Å². The van der Waals surface area contributed by atoms with Gasteiger partial charge in [0.1, 0.15) is 0 Å². The van der Waals surface area contributed by atoms with Crippen LogP contribution in [0, 0.1) is 0 Å². The summed E-state index contributed by atoms with van der Waals surface area (Å²) in [5, 5.41) is 13.1. The number of hydrogen-bond donors (Lipinski definition) is 1. The second kappa shape index (κ2) is 8.57. The third kappa shape index (κ3) is 4.79. The van der Waals surface area contributed by atoms with Crippen molar-refractivity contribution in [1.29, 1.82) is 0 Å². The zero-order valence-electron chi connectivity index (χ0n) is 12.3. The first-order chi connectivity index (χ1) is 9.42. The first-order valence-electron chi connectivity index (χ1n) is 8.36. The fraction of sp³-hybridized carbons (Fsp3) is 0.938. The average molecular weight is 266 g/mol. The van der Waals surface area contributed by atoms with Gasteiger partial charge in [-0.05, 0) is 45.2 Å². The second-order valence-corrected chi connectivity index (χ2v) is 6.22. The Morgan fingerprint density at radius 2 is 1.37 bits per heavy atom. The van der Waals surface area contributed by atoms with E-state index in [4.69, 9.17) is 0 Å². The van der Waals surface area contributed by atoms with Gasteiger partial charge in [0.05, 0.1) is 11.8 Å². The summed E-state index contributed by atoms with van der Waals surface area (Å²) in [7, 11) is 0. The van der Waals surface area contributed by atoms with Crippen LogP contribution in [0.3, 0.4) is 0 Å². The molecule has 1 saturated heterocycles. The van der Waals surface area contributed by atoms with Crippen molar-refractivity contribution in [2.24, 2.45) is 5.16 Å². The standard InChI is InChI=1S/C16H30N2O/c19-17-15-11-7-5-3-1-2-4-6-8-12-16(15)18-13-9-10-14-18/h16,19H,1-14H2. The Labute approximate surface area is 118 Å². The van der Waals surface area contributed by atoms with Crippen LogP contribution in [0.25, 0.3) is 0 Å². The topological polar surface area (TPSA) is 35.8 Å². The van der Waals surface area contributed by atoms with Crippen molar-refractivity contribution in [3.8, 4) is 0 Å². The molecule has 19 heavy (non-hydrogen) atoms. The zero-order chi connectivity index (χ0) is 13.3. The van der Waals surface area contributed by atoms with E-state index < -0.39 is 0 Å². The van der Waals surface area contributed by atoms with Crippen LogP contribution in [0.4, 0.5) is 0 Å². The zero-order valence-corrected chi connectivity index (χ0v) is 12.3. The van der Waals surface area contributed by atoms with Gasteiger partial charge < -0.3 is 5.21 Å². The van der Waals surface area contributed by atoms with Gasteiger partial charge in [-0.3, -0.25) is 4.90 Å². The normalized spacial score (nSPS) is 30.9. The molecule has 1 heterocycles. The van der Waals surface area contributed by atoms with Crippen molar-refractivity contribution < 1.29 is 5.21 Å². The highest BCUT2D eigenvalue weighted by molar-refractivity contribution is 5.89. The second-order valence-electron chi connectivity index (χ2n) is 6.22. The number of hydrogen-bond acceptors (Lipinski definition) is 3. The Kier molecular flexibility index (Phi) is 6.69. The fourth-order valence-corrected chi connectivity index (χ4v) is 3.60. The molecule has 1 N–H and O–H groups in total. The number of rotatable bonds is 1. The summed E-state index contributed by atoms with van der Waals surface area (Å²) in [6, 6.07) is 0.423. The predicted molar refractivity (Wildman–Crippen MR) is 80.0 cm³/mol. The lowest BCUT2D eigenvalue weighted by atomic mass is 9.95. The van der Waals surface area contributed by atoms with E-state index in [1.165, 1.54) is 83.7 Å². The molecule has 0 aromatic heterocycles. The minimum absolute atomic E-state index is 0.423. The van der Waals surface area contributed by atoms with Gasteiger partial charge in [-0.25, -0.2) is 0 Å². The molecule has 2 aliphatic rings. The lowest BCUT2D eigenvalue weighted by Crippen LogP contribution is -2.39. The summed E-state index contributed by atoms with van der Waals surface area (Å²) in [5.74, 6) is 0. The molecule has 1 atom stereocenters. The van der Waals surface area contributed by atoms with E-state index >= 15 is 0 Å². The summed E-state index contributed by atoms with van der Waals surface area (Å²) < 4.78 is 0. The fourth-order valence-electron chi connectivity index (χ4n) is 3.60. The SMILES string of the molecule is ON=C1CCCCCCCCCCC1N1CCCC1. The van der Waals surface area contributed by atoms with Crippen molar-refractivity contribution in [3.05, 3.63) is 0 Å². The largest absolute Gasteiger partial charge is 0.411 e. The van der Waals surface area contributed by atoms with Crippen molar-refractivity contribution in [3.63, 3.8) is 0 Å². The van der Waals surface area contributed by atoms with Gasteiger partial charge >= 0.3 is 0 Å². The third-order valence-corrected chi connectivity index (χ3v) is 4.75. The summed E-state index contributed by atoms with van der Waals surface area (Å²) in [5.41, 5.74) is 1.06. The summed E-state index contributed by atoms with van der Waals surface area (Å²) in [4.78, 5) is 2.56. The predicted octanol–water partition coefficient (Wildman–Crippen LogP) is 4.20. The van der Waals surface area contributed by atoms with Crippen LogP contribution in [-0.2, 0) is 0 Å². The molecular weight excluding hydrogens is 236 g/mol. The van der Waals surface area contributed by atoms with Gasteiger partial charge in [-0.1, -0.05) is 50.1 Å². The minimum Gasteiger partial charge on any atom is -0.411 e. The Morgan fingerprint density at radius 1 is 0.789 bits per heavy atom. The highest BCUT2D eigenvalue weighted by atomic mass is 16.4. The van der Waals surface area contributed by atoms with E-state index in [1.807, 2.05) is 0 Å². The van der Waals surface area contributed by atoms with Crippen LogP contribution in [0.15, 0.2) is 5.16 Å².